The molecule has 1 heterocycles. The number of nitrogens with zero attached hydrogens (tertiary/aromatic N) is 3. The number of nitrogens with one attached hydrogen (secondary N) is 1. The minimum absolute atomic E-state index is 0.0366. The molecule has 0 aliphatic heterocycles. The van der Waals surface area contributed by atoms with Gasteiger partial charge < -0.3 is 4.90 Å². The third-order valence-electron chi connectivity index (χ3n) is 5.46. The maximum absolute atomic E-state index is 13.0. The molecule has 166 valence electrons. The molecule has 1 aliphatic rings. The Balaban J connectivity index is 1.60. The molecule has 32 heavy (non-hydrogen) atoms. The number of hydrogen-bond acceptors (Lipinski definition) is 3. The molecule has 2 amide bonds. The molecule has 4 rings (SSSR count). The molecule has 0 radical (unpaired) electrons. The molecule has 1 fully saturated rings. The van der Waals surface area contributed by atoms with Crippen LogP contribution in [-0.2, 0) is 9.59 Å². The Morgan fingerprint density at radius 2 is 1.88 bits per heavy atom. The van der Waals surface area contributed by atoms with E-state index in [-0.39, 0.29) is 24.3 Å². The molecular formula is C26H30N4O2. The molecule has 6 heteroatoms. The summed E-state index contributed by atoms with van der Waals surface area (Å²) in [6.45, 7) is 6.76. The zero-order chi connectivity index (χ0) is 22.7. The van der Waals surface area contributed by atoms with Gasteiger partial charge in [-0.05, 0) is 43.4 Å². The van der Waals surface area contributed by atoms with E-state index < -0.39 is 0 Å². The van der Waals surface area contributed by atoms with E-state index in [1.54, 1.807) is 4.90 Å². The second-order valence-corrected chi connectivity index (χ2v) is 8.96. The van der Waals surface area contributed by atoms with E-state index in [1.165, 1.54) is 0 Å². The zero-order valence-electron chi connectivity index (χ0n) is 18.9. The van der Waals surface area contributed by atoms with Crippen molar-refractivity contribution in [2.45, 2.75) is 33.6 Å². The Hall–Kier alpha value is -3.41. The zero-order valence-corrected chi connectivity index (χ0v) is 18.9. The van der Waals surface area contributed by atoms with Gasteiger partial charge in [0.2, 0.25) is 17.8 Å². The van der Waals surface area contributed by atoms with Gasteiger partial charge >= 0.3 is 0 Å². The Morgan fingerprint density at radius 3 is 2.53 bits per heavy atom. The molecule has 2 aromatic carbocycles. The summed E-state index contributed by atoms with van der Waals surface area (Å²) in [4.78, 5) is 32.1. The van der Waals surface area contributed by atoms with Gasteiger partial charge in [0.25, 0.3) is 0 Å². The van der Waals surface area contributed by atoms with Crippen LogP contribution in [0.3, 0.4) is 0 Å². The molecule has 1 saturated carbocycles. The van der Waals surface area contributed by atoms with Crippen LogP contribution in [0.15, 0.2) is 60.8 Å². The summed E-state index contributed by atoms with van der Waals surface area (Å²) in [6.07, 6.45) is 3.78. The molecular weight excluding hydrogens is 400 g/mol. The van der Waals surface area contributed by atoms with E-state index in [0.717, 1.165) is 35.3 Å². The van der Waals surface area contributed by atoms with E-state index >= 15 is 0 Å². The first-order valence-electron chi connectivity index (χ1n) is 11.2. The first-order valence-corrected chi connectivity index (χ1v) is 11.2. The van der Waals surface area contributed by atoms with Gasteiger partial charge in [0.15, 0.2) is 0 Å². The van der Waals surface area contributed by atoms with E-state index in [0.29, 0.717) is 18.4 Å². The van der Waals surface area contributed by atoms with Gasteiger partial charge in [0, 0.05) is 29.9 Å². The number of rotatable bonds is 8. The molecule has 0 saturated heterocycles. The van der Waals surface area contributed by atoms with Crippen molar-refractivity contribution in [3.05, 3.63) is 66.4 Å². The standard InChI is InChI=1S/C26H30N4O2/c1-18(2)15-29(25(32)21-12-13-21)17-24(31)28-26-27-23(20-9-5-4-6-10-20)16-30(26)22-11-7-8-19(3)14-22/h4-11,14,16,18,21H,12-13,15,17H2,1-3H3,(H,27,28,31). The molecule has 0 bridgehead atoms. The normalized spacial score (nSPS) is 13.2. The van der Waals surface area contributed by atoms with Crippen LogP contribution in [0.5, 0.6) is 0 Å². The van der Waals surface area contributed by atoms with E-state index in [9.17, 15) is 9.59 Å². The summed E-state index contributed by atoms with van der Waals surface area (Å²) in [7, 11) is 0. The Morgan fingerprint density at radius 1 is 1.12 bits per heavy atom. The van der Waals surface area contributed by atoms with Crippen LogP contribution in [0.4, 0.5) is 5.95 Å². The highest BCUT2D eigenvalue weighted by Gasteiger charge is 2.34. The SMILES string of the molecule is Cc1cccc(-n2cc(-c3ccccc3)nc2NC(=O)CN(CC(C)C)C(=O)C2CC2)c1. The monoisotopic (exact) mass is 430 g/mol. The van der Waals surface area contributed by atoms with Crippen molar-refractivity contribution in [3.8, 4) is 16.9 Å². The Kier molecular flexibility index (Phi) is 6.40. The van der Waals surface area contributed by atoms with Gasteiger partial charge in [-0.2, -0.15) is 0 Å². The van der Waals surface area contributed by atoms with Crippen LogP contribution in [-0.4, -0.2) is 39.4 Å². The number of carbonyl (C=O) groups is 2. The second kappa shape index (κ2) is 9.39. The summed E-state index contributed by atoms with van der Waals surface area (Å²) in [5.74, 6) is 0.674. The summed E-state index contributed by atoms with van der Waals surface area (Å²) in [6, 6.07) is 17.9. The van der Waals surface area contributed by atoms with Crippen LogP contribution in [0.1, 0.15) is 32.3 Å². The molecule has 1 N–H and O–H groups in total. The smallest absolute Gasteiger partial charge is 0.246 e. The number of carbonyl (C=O) groups excluding carboxylic acids is 2. The van der Waals surface area contributed by atoms with Crippen molar-refractivity contribution >= 4 is 17.8 Å². The lowest BCUT2D eigenvalue weighted by atomic mass is 10.2. The quantitative estimate of drug-likeness (QED) is 0.564. The van der Waals surface area contributed by atoms with Crippen molar-refractivity contribution in [1.82, 2.24) is 14.5 Å². The second-order valence-electron chi connectivity index (χ2n) is 8.96. The number of anilines is 1. The van der Waals surface area contributed by atoms with Crippen molar-refractivity contribution < 1.29 is 9.59 Å². The Bertz CT molecular complexity index is 1100. The predicted octanol–water partition coefficient (Wildman–Crippen LogP) is 4.68. The van der Waals surface area contributed by atoms with Gasteiger partial charge in [-0.3, -0.25) is 19.5 Å². The number of imidazole rings is 1. The highest BCUT2D eigenvalue weighted by atomic mass is 16.2. The van der Waals surface area contributed by atoms with Crippen molar-refractivity contribution in [2.24, 2.45) is 11.8 Å². The number of aryl methyl sites for hydroxylation is 1. The van der Waals surface area contributed by atoms with Gasteiger partial charge in [0.05, 0.1) is 12.2 Å². The van der Waals surface area contributed by atoms with Crippen molar-refractivity contribution in [3.63, 3.8) is 0 Å². The van der Waals surface area contributed by atoms with Gasteiger partial charge in [-0.15, -0.1) is 0 Å². The minimum Gasteiger partial charge on any atom is -0.333 e. The summed E-state index contributed by atoms with van der Waals surface area (Å²) in [5, 5.41) is 2.96. The van der Waals surface area contributed by atoms with Crippen LogP contribution >= 0.6 is 0 Å². The third kappa shape index (κ3) is 5.25. The third-order valence-corrected chi connectivity index (χ3v) is 5.46. The fourth-order valence-electron chi connectivity index (χ4n) is 3.79. The summed E-state index contributed by atoms with van der Waals surface area (Å²) >= 11 is 0. The largest absolute Gasteiger partial charge is 0.333 e. The maximum Gasteiger partial charge on any atom is 0.246 e. The minimum atomic E-state index is -0.237. The van der Waals surface area contributed by atoms with E-state index in [4.69, 9.17) is 4.98 Å². The van der Waals surface area contributed by atoms with Gasteiger partial charge in [-0.1, -0.05) is 56.3 Å². The lowest BCUT2D eigenvalue weighted by Gasteiger charge is -2.24. The van der Waals surface area contributed by atoms with Crippen LogP contribution in [0.25, 0.3) is 16.9 Å². The molecule has 1 aromatic heterocycles. The van der Waals surface area contributed by atoms with Crippen LogP contribution in [0, 0.1) is 18.8 Å². The number of hydrogen-bond donors (Lipinski definition) is 1. The Labute approximate surface area is 189 Å². The topological polar surface area (TPSA) is 67.2 Å². The van der Waals surface area contributed by atoms with Crippen molar-refractivity contribution in [2.75, 3.05) is 18.4 Å². The number of aromatic nitrogens is 2. The lowest BCUT2D eigenvalue weighted by molar-refractivity contribution is -0.136. The van der Waals surface area contributed by atoms with Crippen LogP contribution in [0.2, 0.25) is 0 Å². The van der Waals surface area contributed by atoms with E-state index in [2.05, 4.69) is 19.2 Å². The van der Waals surface area contributed by atoms with E-state index in [1.807, 2.05) is 72.3 Å². The molecule has 3 aromatic rings. The molecule has 0 unspecified atom stereocenters. The van der Waals surface area contributed by atoms with Gasteiger partial charge in [0.1, 0.15) is 0 Å². The number of benzene rings is 2. The summed E-state index contributed by atoms with van der Waals surface area (Å²) in [5.41, 5.74) is 3.78. The fraction of sp³-hybridized carbons (Fsp3) is 0.346. The van der Waals surface area contributed by atoms with Crippen molar-refractivity contribution in [1.29, 1.82) is 0 Å². The highest BCUT2D eigenvalue weighted by molar-refractivity contribution is 5.94. The average Bonchev–Trinajstić information content (AvgIpc) is 3.53. The summed E-state index contributed by atoms with van der Waals surface area (Å²) < 4.78 is 1.89. The molecule has 1 aliphatic carbocycles. The predicted molar refractivity (Wildman–Crippen MR) is 127 cm³/mol. The van der Waals surface area contributed by atoms with Gasteiger partial charge in [-0.25, -0.2) is 4.98 Å². The van der Waals surface area contributed by atoms with Crippen LogP contribution < -0.4 is 5.32 Å². The number of amides is 2. The fourth-order valence-corrected chi connectivity index (χ4v) is 3.79. The highest BCUT2D eigenvalue weighted by Crippen LogP contribution is 2.31. The lowest BCUT2D eigenvalue weighted by Crippen LogP contribution is -2.41. The first kappa shape index (κ1) is 21.8. The first-order chi connectivity index (χ1) is 15.4. The molecule has 0 atom stereocenters. The molecule has 6 nitrogen and oxygen atoms in total. The average molecular weight is 431 g/mol. The maximum atomic E-state index is 13.0. The molecule has 0 spiro atoms.